The van der Waals surface area contributed by atoms with Crippen molar-refractivity contribution in [2.75, 3.05) is 18.7 Å². The molecule has 2 aromatic rings. The van der Waals surface area contributed by atoms with E-state index in [1.807, 2.05) is 0 Å². The normalized spacial score (nSPS) is 14.3. The van der Waals surface area contributed by atoms with Crippen LogP contribution in [-0.2, 0) is 0 Å². The fraction of sp³-hybridized carbons (Fsp3) is 0.105. The van der Waals surface area contributed by atoms with Crippen LogP contribution in [0.15, 0.2) is 43.0 Å². The molecule has 4 rings (SSSR count). The molecule has 8 heteroatoms. The van der Waals surface area contributed by atoms with Crippen LogP contribution in [0.5, 0.6) is 11.5 Å². The van der Waals surface area contributed by atoms with E-state index in [2.05, 4.69) is 11.9 Å². The molecule has 136 valence electrons. The molecule has 7 nitrogen and oxygen atoms in total. The summed E-state index contributed by atoms with van der Waals surface area (Å²) >= 11 is 6.16. The number of halogens is 1. The number of rotatable bonds is 4. The number of hydrogen-bond donors (Lipinski definition) is 1. The van der Waals surface area contributed by atoms with E-state index in [1.54, 1.807) is 12.1 Å². The van der Waals surface area contributed by atoms with Crippen LogP contribution in [-0.4, -0.2) is 36.0 Å². The first-order chi connectivity index (χ1) is 13.0. The monoisotopic (exact) mass is 384 g/mol. The van der Waals surface area contributed by atoms with Gasteiger partial charge in [-0.3, -0.25) is 19.3 Å². The molecule has 2 heterocycles. The quantitative estimate of drug-likeness (QED) is 0.646. The Bertz CT molecular complexity index is 1020. The lowest BCUT2D eigenvalue weighted by Gasteiger charge is -2.09. The van der Waals surface area contributed by atoms with Gasteiger partial charge in [0.15, 0.2) is 11.5 Å². The van der Waals surface area contributed by atoms with Gasteiger partial charge in [-0.1, -0.05) is 17.7 Å². The molecule has 0 spiro atoms. The van der Waals surface area contributed by atoms with Crippen LogP contribution >= 0.6 is 11.6 Å². The summed E-state index contributed by atoms with van der Waals surface area (Å²) in [6, 6.07) is 7.47. The lowest BCUT2D eigenvalue weighted by molar-refractivity contribution is 0.0672. The van der Waals surface area contributed by atoms with Gasteiger partial charge in [0, 0.05) is 24.2 Å². The topological polar surface area (TPSA) is 84.9 Å². The molecule has 0 aliphatic carbocycles. The maximum absolute atomic E-state index is 12.6. The number of carbonyl (C=O) groups is 3. The minimum atomic E-state index is -0.471. The summed E-state index contributed by atoms with van der Waals surface area (Å²) in [7, 11) is 0. The smallest absolute Gasteiger partial charge is 0.261 e. The number of ether oxygens (including phenoxy) is 2. The van der Waals surface area contributed by atoms with Gasteiger partial charge >= 0.3 is 0 Å². The van der Waals surface area contributed by atoms with Crippen molar-refractivity contribution >= 4 is 35.0 Å². The first-order valence-corrected chi connectivity index (χ1v) is 8.39. The zero-order chi connectivity index (χ0) is 19.1. The van der Waals surface area contributed by atoms with Gasteiger partial charge in [-0.25, -0.2) is 0 Å². The van der Waals surface area contributed by atoms with Crippen molar-refractivity contribution in [2.45, 2.75) is 0 Å². The minimum absolute atomic E-state index is 0.0885. The Morgan fingerprint density at radius 2 is 1.85 bits per heavy atom. The maximum atomic E-state index is 12.6. The van der Waals surface area contributed by atoms with Crippen LogP contribution in [0.3, 0.4) is 0 Å². The fourth-order valence-electron chi connectivity index (χ4n) is 2.93. The number of nitrogens with one attached hydrogen (secondary N) is 1. The van der Waals surface area contributed by atoms with E-state index in [9.17, 15) is 14.4 Å². The van der Waals surface area contributed by atoms with E-state index in [0.29, 0.717) is 17.2 Å². The predicted octanol–water partition coefficient (Wildman–Crippen LogP) is 3.10. The summed E-state index contributed by atoms with van der Waals surface area (Å²) in [6.07, 6.45) is 1.47. The number of nitrogens with zero attached hydrogens (tertiary/aromatic N) is 1. The summed E-state index contributed by atoms with van der Waals surface area (Å²) in [5.41, 5.74) is 1.02. The Kier molecular flexibility index (Phi) is 4.08. The van der Waals surface area contributed by atoms with Gasteiger partial charge in [0.25, 0.3) is 17.7 Å². The number of carbonyl (C=O) groups excluding carboxylic acids is 3. The lowest BCUT2D eigenvalue weighted by atomic mass is 10.1. The molecular formula is C19H13ClN2O5. The summed E-state index contributed by atoms with van der Waals surface area (Å²) in [5.74, 6) is -0.348. The Labute approximate surface area is 159 Å². The Balaban J connectivity index is 1.61. The Hall–Kier alpha value is -3.32. The van der Waals surface area contributed by atoms with E-state index >= 15 is 0 Å². The van der Waals surface area contributed by atoms with Crippen molar-refractivity contribution < 1.29 is 23.9 Å². The van der Waals surface area contributed by atoms with E-state index in [1.165, 1.54) is 24.3 Å². The van der Waals surface area contributed by atoms with Crippen molar-refractivity contribution in [3.05, 3.63) is 64.7 Å². The van der Waals surface area contributed by atoms with E-state index in [0.717, 1.165) is 4.90 Å². The van der Waals surface area contributed by atoms with Crippen molar-refractivity contribution in [1.29, 1.82) is 0 Å². The number of amides is 3. The number of hydrogen-bond acceptors (Lipinski definition) is 5. The number of benzene rings is 2. The van der Waals surface area contributed by atoms with Gasteiger partial charge < -0.3 is 14.8 Å². The van der Waals surface area contributed by atoms with E-state index < -0.39 is 17.7 Å². The van der Waals surface area contributed by atoms with Crippen molar-refractivity contribution in [1.82, 2.24) is 4.90 Å². The molecule has 0 aromatic heterocycles. The van der Waals surface area contributed by atoms with Crippen LogP contribution in [0.25, 0.3) is 0 Å². The van der Waals surface area contributed by atoms with Gasteiger partial charge in [0.05, 0.1) is 21.8 Å². The molecule has 2 aliphatic heterocycles. The third kappa shape index (κ3) is 2.82. The second kappa shape index (κ2) is 6.44. The average Bonchev–Trinajstić information content (AvgIpc) is 3.20. The fourth-order valence-corrected chi connectivity index (χ4v) is 3.14. The van der Waals surface area contributed by atoms with Gasteiger partial charge in [0.2, 0.25) is 6.79 Å². The highest BCUT2D eigenvalue weighted by atomic mass is 35.5. The number of fused-ring (bicyclic) bond motifs is 2. The molecule has 0 saturated heterocycles. The van der Waals surface area contributed by atoms with E-state index in [-0.39, 0.29) is 35.1 Å². The second-order valence-electron chi connectivity index (χ2n) is 5.91. The van der Waals surface area contributed by atoms with Crippen molar-refractivity contribution in [3.8, 4) is 11.5 Å². The molecule has 1 N–H and O–H groups in total. The molecule has 0 saturated carbocycles. The third-order valence-corrected chi connectivity index (χ3v) is 4.57. The van der Waals surface area contributed by atoms with Crippen LogP contribution in [0.4, 0.5) is 5.69 Å². The summed E-state index contributed by atoms with van der Waals surface area (Å²) < 4.78 is 10.5. The summed E-state index contributed by atoms with van der Waals surface area (Å²) in [5, 5.41) is 2.97. The minimum Gasteiger partial charge on any atom is -0.454 e. The zero-order valence-electron chi connectivity index (χ0n) is 14.0. The Morgan fingerprint density at radius 1 is 1.15 bits per heavy atom. The van der Waals surface area contributed by atoms with Gasteiger partial charge in [0.1, 0.15) is 0 Å². The van der Waals surface area contributed by atoms with Crippen molar-refractivity contribution in [2.24, 2.45) is 0 Å². The first-order valence-electron chi connectivity index (χ1n) is 8.01. The lowest BCUT2D eigenvalue weighted by Crippen LogP contribution is -2.29. The summed E-state index contributed by atoms with van der Waals surface area (Å²) in [4.78, 5) is 38.3. The number of anilines is 1. The molecule has 3 amide bonds. The zero-order valence-corrected chi connectivity index (χ0v) is 14.7. The highest BCUT2D eigenvalue weighted by molar-refractivity contribution is 6.34. The second-order valence-corrected chi connectivity index (χ2v) is 6.32. The molecule has 0 unspecified atom stereocenters. The summed E-state index contributed by atoms with van der Waals surface area (Å²) in [6.45, 7) is 3.74. The first kappa shape index (κ1) is 17.1. The van der Waals surface area contributed by atoms with Gasteiger partial charge in [-0.2, -0.15) is 0 Å². The van der Waals surface area contributed by atoms with Crippen LogP contribution < -0.4 is 14.8 Å². The molecule has 2 aliphatic rings. The largest absolute Gasteiger partial charge is 0.454 e. The molecule has 0 radical (unpaired) electrons. The average molecular weight is 385 g/mol. The van der Waals surface area contributed by atoms with E-state index in [4.69, 9.17) is 21.1 Å². The molecule has 27 heavy (non-hydrogen) atoms. The third-order valence-electron chi connectivity index (χ3n) is 4.26. The maximum Gasteiger partial charge on any atom is 0.261 e. The standard InChI is InChI=1S/C19H13ClN2O5/c1-2-5-22-18(24)11-4-3-10(6-12(11)19(22)25)17(23)21-14-8-16-15(7-13(14)20)26-9-27-16/h2-4,6-8H,1,5,9H2,(H,21,23). The Morgan fingerprint density at radius 3 is 2.59 bits per heavy atom. The highest BCUT2D eigenvalue weighted by Crippen LogP contribution is 2.39. The molecular weight excluding hydrogens is 372 g/mol. The molecule has 2 aromatic carbocycles. The van der Waals surface area contributed by atoms with Crippen LogP contribution in [0, 0.1) is 0 Å². The molecule has 0 atom stereocenters. The molecule has 0 fully saturated rings. The highest BCUT2D eigenvalue weighted by Gasteiger charge is 2.35. The molecule has 0 bridgehead atoms. The predicted molar refractivity (Wildman–Crippen MR) is 97.5 cm³/mol. The number of imide groups is 1. The SMILES string of the molecule is C=CCN1C(=O)c2ccc(C(=O)Nc3cc4c(cc3Cl)OCO4)cc2C1=O. The van der Waals surface area contributed by atoms with Crippen LogP contribution in [0.2, 0.25) is 5.02 Å². The van der Waals surface area contributed by atoms with Gasteiger partial charge in [-0.05, 0) is 18.2 Å². The van der Waals surface area contributed by atoms with Crippen molar-refractivity contribution in [3.63, 3.8) is 0 Å². The van der Waals surface area contributed by atoms with Crippen LogP contribution in [0.1, 0.15) is 31.1 Å². The van der Waals surface area contributed by atoms with Gasteiger partial charge in [-0.15, -0.1) is 6.58 Å².